The van der Waals surface area contributed by atoms with Gasteiger partial charge in [0, 0.05) is 41.6 Å². The van der Waals surface area contributed by atoms with Gasteiger partial charge in [-0.3, -0.25) is 4.90 Å². The fourth-order valence-electron chi connectivity index (χ4n) is 2.61. The van der Waals surface area contributed by atoms with Crippen molar-refractivity contribution in [2.24, 2.45) is 0 Å². The second kappa shape index (κ2) is 11.7. The highest BCUT2D eigenvalue weighted by Gasteiger charge is 2.23. The lowest BCUT2D eigenvalue weighted by Gasteiger charge is -2.34. The number of hydrogen-bond donors (Lipinski definition) is 1. The average molecular weight is 483 g/mol. The molecular weight excluding hydrogens is 459 g/mol. The van der Waals surface area contributed by atoms with E-state index in [1.54, 1.807) is 0 Å². The maximum Gasteiger partial charge on any atom is 0.0843 e. The summed E-state index contributed by atoms with van der Waals surface area (Å²) in [6.45, 7) is 6.86. The number of piperazine rings is 1. The van der Waals surface area contributed by atoms with Gasteiger partial charge in [-0.15, -0.1) is 36.2 Å². The zero-order chi connectivity index (χ0) is 13.7. The van der Waals surface area contributed by atoms with Gasteiger partial charge in [-0.1, -0.05) is 26.2 Å². The van der Waals surface area contributed by atoms with Gasteiger partial charge < -0.3 is 5.32 Å². The fourth-order valence-corrected chi connectivity index (χ4v) is 4.87. The van der Waals surface area contributed by atoms with Gasteiger partial charge in [-0.05, 0) is 44.3 Å². The Kier molecular flexibility index (Phi) is 12.3. The zero-order valence-electron chi connectivity index (χ0n) is 12.2. The number of rotatable bonds is 6. The van der Waals surface area contributed by atoms with Crippen molar-refractivity contribution in [3.05, 3.63) is 19.2 Å². The Balaban J connectivity index is 0.00000200. The van der Waals surface area contributed by atoms with Gasteiger partial charge in [0.15, 0.2) is 0 Å². The molecule has 2 heterocycles. The van der Waals surface area contributed by atoms with Crippen LogP contribution in [0, 0.1) is 0 Å². The van der Waals surface area contributed by atoms with Crippen molar-refractivity contribution < 1.29 is 0 Å². The van der Waals surface area contributed by atoms with E-state index < -0.39 is 0 Å². The Morgan fingerprint density at radius 2 is 1.90 bits per heavy atom. The Labute approximate surface area is 161 Å². The summed E-state index contributed by atoms with van der Waals surface area (Å²) in [7, 11) is 0. The zero-order valence-corrected chi connectivity index (χ0v) is 17.9. The number of halogens is 4. The molecule has 1 aliphatic rings. The van der Waals surface area contributed by atoms with Crippen LogP contribution in [0.5, 0.6) is 0 Å². The maximum atomic E-state index is 3.63. The van der Waals surface area contributed by atoms with Crippen molar-refractivity contribution in [1.82, 2.24) is 10.2 Å². The highest BCUT2D eigenvalue weighted by Crippen LogP contribution is 2.39. The van der Waals surface area contributed by atoms with Crippen LogP contribution in [0.15, 0.2) is 14.3 Å². The largest absolute Gasteiger partial charge is 0.314 e. The maximum absolute atomic E-state index is 3.63. The number of hydrogen-bond acceptors (Lipinski definition) is 3. The van der Waals surface area contributed by atoms with Crippen molar-refractivity contribution in [3.8, 4) is 0 Å². The molecule has 1 aromatic heterocycles. The van der Waals surface area contributed by atoms with Crippen LogP contribution in [0.3, 0.4) is 0 Å². The molecule has 1 aliphatic heterocycles. The predicted octanol–water partition coefficient (Wildman–Crippen LogP) is 5.64. The average Bonchev–Trinajstić information content (AvgIpc) is 2.75. The van der Waals surface area contributed by atoms with Crippen LogP contribution in [-0.4, -0.2) is 31.1 Å². The quantitative estimate of drug-likeness (QED) is 0.527. The summed E-state index contributed by atoms with van der Waals surface area (Å²) < 4.78 is 2.42. The number of unbranched alkanes of at least 4 members (excludes halogenated alkanes) is 2. The first-order valence-electron chi connectivity index (χ1n) is 7.12. The first kappa shape index (κ1) is 22.2. The molecular formula is C14H24Br2Cl2N2S. The smallest absolute Gasteiger partial charge is 0.0843 e. The van der Waals surface area contributed by atoms with Crippen molar-refractivity contribution >= 4 is 68.0 Å². The van der Waals surface area contributed by atoms with Crippen LogP contribution in [0.1, 0.15) is 43.5 Å². The number of nitrogens with one attached hydrogen (secondary N) is 1. The van der Waals surface area contributed by atoms with E-state index in [-0.39, 0.29) is 24.8 Å². The molecule has 1 saturated heterocycles. The van der Waals surface area contributed by atoms with E-state index >= 15 is 0 Å². The van der Waals surface area contributed by atoms with Gasteiger partial charge in [-0.25, -0.2) is 0 Å². The van der Waals surface area contributed by atoms with E-state index in [1.807, 2.05) is 11.3 Å². The van der Waals surface area contributed by atoms with Crippen LogP contribution < -0.4 is 5.32 Å². The normalized spacial score (nSPS) is 16.9. The highest BCUT2D eigenvalue weighted by molar-refractivity contribution is 9.13. The third kappa shape index (κ3) is 6.66. The van der Waals surface area contributed by atoms with Gasteiger partial charge in [0.2, 0.25) is 0 Å². The van der Waals surface area contributed by atoms with Crippen LogP contribution in [0.4, 0.5) is 0 Å². The summed E-state index contributed by atoms with van der Waals surface area (Å²) in [5.74, 6) is 0. The monoisotopic (exact) mass is 480 g/mol. The highest BCUT2D eigenvalue weighted by atomic mass is 79.9. The number of nitrogens with zero attached hydrogens (tertiary/aromatic N) is 1. The molecule has 1 fully saturated rings. The van der Waals surface area contributed by atoms with Crippen molar-refractivity contribution in [2.75, 3.05) is 26.2 Å². The first-order valence-corrected chi connectivity index (χ1v) is 9.52. The molecule has 1 atom stereocenters. The Hall–Kier alpha value is 1.16. The number of thiophene rings is 1. The Bertz CT molecular complexity index is 379. The molecule has 1 aromatic rings. The molecule has 0 saturated carbocycles. The van der Waals surface area contributed by atoms with Gasteiger partial charge in [0.25, 0.3) is 0 Å². The molecule has 0 spiro atoms. The summed E-state index contributed by atoms with van der Waals surface area (Å²) in [6.07, 6.45) is 5.26. The van der Waals surface area contributed by atoms with E-state index in [0.717, 1.165) is 13.1 Å². The van der Waals surface area contributed by atoms with Crippen LogP contribution in [0.25, 0.3) is 0 Å². The Morgan fingerprint density at radius 3 is 2.43 bits per heavy atom. The van der Waals surface area contributed by atoms with E-state index in [2.05, 4.69) is 55.1 Å². The molecule has 0 aliphatic carbocycles. The summed E-state index contributed by atoms with van der Waals surface area (Å²) in [5.41, 5.74) is 0. The van der Waals surface area contributed by atoms with E-state index in [9.17, 15) is 0 Å². The molecule has 124 valence electrons. The Morgan fingerprint density at radius 1 is 1.24 bits per heavy atom. The minimum absolute atomic E-state index is 0. The van der Waals surface area contributed by atoms with Crippen LogP contribution >= 0.6 is 68.0 Å². The summed E-state index contributed by atoms with van der Waals surface area (Å²) >= 11 is 9.14. The summed E-state index contributed by atoms with van der Waals surface area (Å²) in [5, 5.41) is 3.45. The van der Waals surface area contributed by atoms with E-state index in [1.165, 1.54) is 51.9 Å². The predicted molar refractivity (Wildman–Crippen MR) is 106 cm³/mol. The first-order chi connectivity index (χ1) is 9.22. The summed E-state index contributed by atoms with van der Waals surface area (Å²) in [6, 6.07) is 2.90. The summed E-state index contributed by atoms with van der Waals surface area (Å²) in [4.78, 5) is 4.15. The van der Waals surface area contributed by atoms with Crippen molar-refractivity contribution in [3.63, 3.8) is 0 Å². The molecule has 0 radical (unpaired) electrons. The fraction of sp³-hybridized carbons (Fsp3) is 0.714. The minimum Gasteiger partial charge on any atom is -0.314 e. The second-order valence-corrected chi connectivity index (χ2v) is 8.32. The van der Waals surface area contributed by atoms with Gasteiger partial charge in [0.05, 0.1) is 3.79 Å². The topological polar surface area (TPSA) is 15.3 Å². The van der Waals surface area contributed by atoms with Gasteiger partial charge in [-0.2, -0.15) is 0 Å². The van der Waals surface area contributed by atoms with Crippen LogP contribution in [-0.2, 0) is 0 Å². The molecule has 2 rings (SSSR count). The molecule has 2 nitrogen and oxygen atoms in total. The van der Waals surface area contributed by atoms with Crippen molar-refractivity contribution in [1.29, 1.82) is 0 Å². The molecule has 0 aromatic carbocycles. The molecule has 21 heavy (non-hydrogen) atoms. The van der Waals surface area contributed by atoms with E-state index in [0.29, 0.717) is 6.04 Å². The molecule has 1 N–H and O–H groups in total. The molecule has 0 bridgehead atoms. The van der Waals surface area contributed by atoms with Crippen LogP contribution in [0.2, 0.25) is 0 Å². The SMILES string of the molecule is CCCCC[C@H](c1cc(Br)c(Br)s1)N1CCNCC1.Cl.Cl. The lowest BCUT2D eigenvalue weighted by molar-refractivity contribution is 0.165. The third-order valence-corrected chi connectivity index (χ3v) is 7.02. The lowest BCUT2D eigenvalue weighted by atomic mass is 10.0. The molecule has 7 heteroatoms. The standard InChI is InChI=1S/C14H22Br2N2S.2ClH/c1-2-3-4-5-12(18-8-6-17-7-9-18)13-10-11(15)14(16)19-13;;/h10,12,17H,2-9H2,1H3;2*1H/t12-;;/m1../s1. The van der Waals surface area contributed by atoms with Gasteiger partial charge in [0.1, 0.15) is 0 Å². The molecule has 0 amide bonds. The van der Waals surface area contributed by atoms with Gasteiger partial charge >= 0.3 is 0 Å². The van der Waals surface area contributed by atoms with Crippen molar-refractivity contribution in [2.45, 2.75) is 38.6 Å². The molecule has 0 unspecified atom stereocenters. The lowest BCUT2D eigenvalue weighted by Crippen LogP contribution is -2.45. The second-order valence-electron chi connectivity index (χ2n) is 5.07. The third-order valence-electron chi connectivity index (χ3n) is 3.67. The minimum atomic E-state index is 0. The van der Waals surface area contributed by atoms with E-state index in [4.69, 9.17) is 0 Å².